The number of aromatic carboxylic acids is 1. The third kappa shape index (κ3) is 3.36. The van der Waals surface area contributed by atoms with Crippen molar-refractivity contribution in [2.75, 3.05) is 17.6 Å². The number of anilines is 2. The number of nitrogens with one attached hydrogen (secondary N) is 1. The Labute approximate surface area is 113 Å². The van der Waals surface area contributed by atoms with Gasteiger partial charge in [-0.05, 0) is 24.3 Å². The minimum absolute atomic E-state index is 0.103. The van der Waals surface area contributed by atoms with E-state index in [1.165, 1.54) is 44.4 Å². The Hall–Kier alpha value is -1.78. The average molecular weight is 263 g/mol. The van der Waals surface area contributed by atoms with E-state index in [0.717, 1.165) is 6.54 Å². The maximum Gasteiger partial charge on any atom is 0.337 e. The van der Waals surface area contributed by atoms with Crippen LogP contribution in [-0.2, 0) is 0 Å². The summed E-state index contributed by atoms with van der Waals surface area (Å²) in [6, 6.07) is 1.50. The van der Waals surface area contributed by atoms with Gasteiger partial charge in [0.2, 0.25) is 0 Å². The topological polar surface area (TPSA) is 88.2 Å². The first-order valence-electron chi connectivity index (χ1n) is 6.73. The Balaban J connectivity index is 2.03. The van der Waals surface area contributed by atoms with E-state index in [0.29, 0.717) is 5.82 Å². The van der Waals surface area contributed by atoms with Gasteiger partial charge in [0.25, 0.3) is 0 Å². The van der Waals surface area contributed by atoms with Crippen molar-refractivity contribution in [1.29, 1.82) is 0 Å². The zero-order valence-corrected chi connectivity index (χ0v) is 11.3. The molecule has 1 heterocycles. The molecule has 5 heteroatoms. The van der Waals surface area contributed by atoms with Crippen molar-refractivity contribution in [1.82, 2.24) is 4.98 Å². The van der Waals surface area contributed by atoms with Gasteiger partial charge in [0.1, 0.15) is 5.82 Å². The summed E-state index contributed by atoms with van der Waals surface area (Å²) in [5.41, 5.74) is 6.17. The van der Waals surface area contributed by atoms with E-state index in [9.17, 15) is 4.79 Å². The Morgan fingerprint density at radius 3 is 2.79 bits per heavy atom. The number of rotatable bonds is 4. The van der Waals surface area contributed by atoms with Crippen LogP contribution in [0.2, 0.25) is 0 Å². The quantitative estimate of drug-likeness (QED) is 0.777. The minimum Gasteiger partial charge on any atom is -0.478 e. The Kier molecular flexibility index (Phi) is 3.93. The summed E-state index contributed by atoms with van der Waals surface area (Å²) in [5.74, 6) is -0.440. The highest BCUT2D eigenvalue weighted by Crippen LogP contribution is 2.35. The van der Waals surface area contributed by atoms with Gasteiger partial charge in [-0.1, -0.05) is 26.2 Å². The molecule has 0 bridgehead atoms. The molecule has 0 aliphatic heterocycles. The average Bonchev–Trinajstić information content (AvgIpc) is 2.38. The van der Waals surface area contributed by atoms with Crippen LogP contribution in [0.1, 0.15) is 49.4 Å². The molecule has 1 saturated carbocycles. The van der Waals surface area contributed by atoms with E-state index in [1.54, 1.807) is 0 Å². The number of hydrogen-bond donors (Lipinski definition) is 3. The van der Waals surface area contributed by atoms with Crippen LogP contribution in [0.25, 0.3) is 0 Å². The monoisotopic (exact) mass is 263 g/mol. The van der Waals surface area contributed by atoms with Crippen molar-refractivity contribution in [3.8, 4) is 0 Å². The second kappa shape index (κ2) is 5.47. The summed E-state index contributed by atoms with van der Waals surface area (Å²) in [6.45, 7) is 3.09. The molecule has 2 rings (SSSR count). The van der Waals surface area contributed by atoms with Crippen LogP contribution in [0, 0.1) is 5.41 Å². The van der Waals surface area contributed by atoms with Gasteiger partial charge in [0.05, 0.1) is 17.4 Å². The molecular formula is C14H21N3O2. The van der Waals surface area contributed by atoms with Crippen LogP contribution in [0.15, 0.2) is 12.3 Å². The highest BCUT2D eigenvalue weighted by atomic mass is 16.4. The van der Waals surface area contributed by atoms with Crippen LogP contribution in [0.3, 0.4) is 0 Å². The minimum atomic E-state index is -1.02. The van der Waals surface area contributed by atoms with E-state index in [1.807, 2.05) is 0 Å². The summed E-state index contributed by atoms with van der Waals surface area (Å²) in [7, 11) is 0. The van der Waals surface area contributed by atoms with Gasteiger partial charge in [-0.15, -0.1) is 0 Å². The Bertz CT molecular complexity index is 468. The fourth-order valence-electron chi connectivity index (χ4n) is 2.63. The zero-order chi connectivity index (χ0) is 13.9. The first-order valence-corrected chi connectivity index (χ1v) is 6.73. The molecule has 1 aliphatic carbocycles. The molecule has 0 unspecified atom stereocenters. The SMILES string of the molecule is CC1(CNc2cc(C(=O)O)c(N)cn2)CCCCC1. The van der Waals surface area contributed by atoms with E-state index in [-0.39, 0.29) is 16.7 Å². The molecule has 1 aromatic rings. The number of pyridine rings is 1. The summed E-state index contributed by atoms with van der Waals surface area (Å²) >= 11 is 0. The van der Waals surface area contributed by atoms with Gasteiger partial charge >= 0.3 is 5.97 Å². The molecule has 19 heavy (non-hydrogen) atoms. The molecule has 0 spiro atoms. The molecule has 0 atom stereocenters. The smallest absolute Gasteiger partial charge is 0.337 e. The number of carboxylic acid groups (broad SMARTS) is 1. The highest BCUT2D eigenvalue weighted by Gasteiger charge is 2.26. The lowest BCUT2D eigenvalue weighted by molar-refractivity contribution is 0.0698. The van der Waals surface area contributed by atoms with Crippen LogP contribution >= 0.6 is 0 Å². The lowest BCUT2D eigenvalue weighted by Gasteiger charge is -2.33. The normalized spacial score (nSPS) is 17.9. The van der Waals surface area contributed by atoms with Crippen molar-refractivity contribution in [2.45, 2.75) is 39.0 Å². The molecule has 1 aromatic heterocycles. The molecule has 4 N–H and O–H groups in total. The van der Waals surface area contributed by atoms with Gasteiger partial charge in [0, 0.05) is 6.54 Å². The standard InChI is InChI=1S/C14H21N3O2/c1-14(5-3-2-4-6-14)9-17-12-7-10(13(18)19)11(15)8-16-12/h7-8H,2-6,9,15H2,1H3,(H,16,17)(H,18,19). The number of carbonyl (C=O) groups is 1. The van der Waals surface area contributed by atoms with Crippen molar-refractivity contribution in [3.05, 3.63) is 17.8 Å². The predicted molar refractivity (Wildman–Crippen MR) is 75.3 cm³/mol. The van der Waals surface area contributed by atoms with Gasteiger partial charge in [-0.3, -0.25) is 0 Å². The third-order valence-electron chi connectivity index (χ3n) is 3.92. The number of nitrogen functional groups attached to an aromatic ring is 1. The van der Waals surface area contributed by atoms with E-state index < -0.39 is 5.97 Å². The number of carboxylic acids is 1. The molecule has 0 radical (unpaired) electrons. The maximum absolute atomic E-state index is 11.0. The van der Waals surface area contributed by atoms with Crippen LogP contribution in [-0.4, -0.2) is 22.6 Å². The summed E-state index contributed by atoms with van der Waals surface area (Å²) in [6.07, 6.45) is 7.68. The molecule has 1 aliphatic rings. The third-order valence-corrected chi connectivity index (χ3v) is 3.92. The van der Waals surface area contributed by atoms with Gasteiger partial charge < -0.3 is 16.2 Å². The van der Waals surface area contributed by atoms with Gasteiger partial charge in [-0.2, -0.15) is 0 Å². The maximum atomic E-state index is 11.0. The van der Waals surface area contributed by atoms with Gasteiger partial charge in [0.15, 0.2) is 0 Å². The predicted octanol–water partition coefficient (Wildman–Crippen LogP) is 2.74. The number of nitrogens with zero attached hydrogens (tertiary/aromatic N) is 1. The van der Waals surface area contributed by atoms with Crippen molar-refractivity contribution in [2.24, 2.45) is 5.41 Å². The molecule has 5 nitrogen and oxygen atoms in total. The fourth-order valence-corrected chi connectivity index (χ4v) is 2.63. The number of hydrogen-bond acceptors (Lipinski definition) is 4. The van der Waals surface area contributed by atoms with Crippen LogP contribution in [0.5, 0.6) is 0 Å². The van der Waals surface area contributed by atoms with Gasteiger partial charge in [-0.25, -0.2) is 9.78 Å². The number of aromatic nitrogens is 1. The van der Waals surface area contributed by atoms with E-state index in [2.05, 4.69) is 17.2 Å². The molecule has 1 fully saturated rings. The van der Waals surface area contributed by atoms with Crippen molar-refractivity contribution >= 4 is 17.5 Å². The molecule has 0 amide bonds. The fraction of sp³-hybridized carbons (Fsp3) is 0.571. The summed E-state index contributed by atoms with van der Waals surface area (Å²) in [4.78, 5) is 15.1. The molecule has 104 valence electrons. The summed E-state index contributed by atoms with van der Waals surface area (Å²) in [5, 5.41) is 12.3. The Morgan fingerprint density at radius 1 is 1.47 bits per heavy atom. The molecular weight excluding hydrogens is 242 g/mol. The van der Waals surface area contributed by atoms with Crippen LogP contribution in [0.4, 0.5) is 11.5 Å². The second-order valence-electron chi connectivity index (χ2n) is 5.69. The second-order valence-corrected chi connectivity index (χ2v) is 5.69. The number of nitrogens with two attached hydrogens (primary N) is 1. The molecule has 0 aromatic carbocycles. The van der Waals surface area contributed by atoms with E-state index >= 15 is 0 Å². The first-order chi connectivity index (χ1) is 9.00. The summed E-state index contributed by atoms with van der Waals surface area (Å²) < 4.78 is 0. The largest absolute Gasteiger partial charge is 0.478 e. The Morgan fingerprint density at radius 2 is 2.16 bits per heavy atom. The highest BCUT2D eigenvalue weighted by molar-refractivity contribution is 5.94. The zero-order valence-electron chi connectivity index (χ0n) is 11.3. The first kappa shape index (κ1) is 13.6. The van der Waals surface area contributed by atoms with Crippen molar-refractivity contribution < 1.29 is 9.90 Å². The lowest BCUT2D eigenvalue weighted by atomic mass is 9.76. The molecule has 0 saturated heterocycles. The van der Waals surface area contributed by atoms with Crippen molar-refractivity contribution in [3.63, 3.8) is 0 Å². The van der Waals surface area contributed by atoms with E-state index in [4.69, 9.17) is 10.8 Å². The van der Waals surface area contributed by atoms with Crippen LogP contribution < -0.4 is 11.1 Å². The lowest BCUT2D eigenvalue weighted by Crippen LogP contribution is -2.29.